The maximum atomic E-state index is 12.9. The molecule has 0 N–H and O–H groups in total. The van der Waals surface area contributed by atoms with Gasteiger partial charge < -0.3 is 4.90 Å². The maximum Gasteiger partial charge on any atom is 0.277 e. The van der Waals surface area contributed by atoms with Gasteiger partial charge in [-0.2, -0.15) is 0 Å². The minimum absolute atomic E-state index is 0.00174. The Hall–Kier alpha value is -2.51. The van der Waals surface area contributed by atoms with E-state index in [2.05, 4.69) is 13.8 Å². The van der Waals surface area contributed by atoms with Crippen LogP contribution in [-0.2, 0) is 0 Å². The summed E-state index contributed by atoms with van der Waals surface area (Å²) in [6.07, 6.45) is 8.05. The highest BCUT2D eigenvalue weighted by molar-refractivity contribution is 5.95. The minimum Gasteiger partial charge on any atom is -0.339 e. The van der Waals surface area contributed by atoms with Crippen LogP contribution < -0.4 is 0 Å². The van der Waals surface area contributed by atoms with Gasteiger partial charge in [0.25, 0.3) is 17.3 Å². The van der Waals surface area contributed by atoms with Crippen LogP contribution in [0.1, 0.15) is 75.6 Å². The van der Waals surface area contributed by atoms with Crippen molar-refractivity contribution in [2.45, 2.75) is 65.2 Å². The van der Waals surface area contributed by atoms with E-state index in [-0.39, 0.29) is 11.5 Å². The van der Waals surface area contributed by atoms with Gasteiger partial charge in [0, 0.05) is 25.2 Å². The highest BCUT2D eigenvalue weighted by atomic mass is 16.6. The Morgan fingerprint density at radius 2 is 1.26 bits per heavy atom. The van der Waals surface area contributed by atoms with E-state index in [1.807, 2.05) is 0 Å². The molecule has 0 unspecified atom stereocenters. The first-order chi connectivity index (χ1) is 12.9. The molecule has 0 aromatic heterocycles. The Labute approximate surface area is 159 Å². The third kappa shape index (κ3) is 7.72. The Bertz CT molecular complexity index is 604. The van der Waals surface area contributed by atoms with Crippen molar-refractivity contribution in [1.82, 2.24) is 4.90 Å². The van der Waals surface area contributed by atoms with Crippen molar-refractivity contribution < 1.29 is 14.6 Å². The fourth-order valence-corrected chi connectivity index (χ4v) is 2.89. The third-order valence-electron chi connectivity index (χ3n) is 4.42. The molecule has 1 aromatic rings. The first-order valence-electron chi connectivity index (χ1n) is 9.63. The number of nitro benzene ring substituents is 2. The Balaban J connectivity index is 2.99. The van der Waals surface area contributed by atoms with E-state index >= 15 is 0 Å². The monoisotopic (exact) mass is 379 g/mol. The van der Waals surface area contributed by atoms with Crippen LogP contribution >= 0.6 is 0 Å². The standard InChI is InChI=1S/C19H29N3O5/c1-3-5-7-9-11-20(12-10-8-6-4-2)19(23)16-13-17(21(24)25)15-18(14-16)22(26)27/h13-15H,3-12H2,1-2H3. The predicted molar refractivity (Wildman–Crippen MR) is 104 cm³/mol. The summed E-state index contributed by atoms with van der Waals surface area (Å²) in [5, 5.41) is 22.1. The molecule has 1 amide bonds. The number of benzene rings is 1. The predicted octanol–water partition coefficient (Wildman–Crippen LogP) is 5.11. The van der Waals surface area contributed by atoms with Crippen molar-refractivity contribution in [3.05, 3.63) is 44.0 Å². The summed E-state index contributed by atoms with van der Waals surface area (Å²) in [6, 6.07) is 3.13. The fourth-order valence-electron chi connectivity index (χ4n) is 2.89. The summed E-state index contributed by atoms with van der Waals surface area (Å²) < 4.78 is 0. The zero-order chi connectivity index (χ0) is 20.2. The maximum absolute atomic E-state index is 12.9. The van der Waals surface area contributed by atoms with Crippen molar-refractivity contribution in [2.75, 3.05) is 13.1 Å². The zero-order valence-electron chi connectivity index (χ0n) is 16.2. The molecule has 0 aliphatic heterocycles. The largest absolute Gasteiger partial charge is 0.339 e. The normalized spacial score (nSPS) is 10.6. The van der Waals surface area contributed by atoms with Gasteiger partial charge in [0.1, 0.15) is 0 Å². The number of carbonyl (C=O) groups is 1. The van der Waals surface area contributed by atoms with Crippen LogP contribution in [0.5, 0.6) is 0 Å². The summed E-state index contributed by atoms with van der Waals surface area (Å²) in [4.78, 5) is 35.3. The SMILES string of the molecule is CCCCCCN(CCCCCC)C(=O)c1cc([N+](=O)[O-])cc([N+](=O)[O-])c1. The quantitative estimate of drug-likeness (QED) is 0.269. The molecule has 0 radical (unpaired) electrons. The molecule has 0 heterocycles. The van der Waals surface area contributed by atoms with Crippen LogP contribution in [-0.4, -0.2) is 33.7 Å². The topological polar surface area (TPSA) is 107 Å². The molecular formula is C19H29N3O5. The lowest BCUT2D eigenvalue weighted by molar-refractivity contribution is -0.394. The molecule has 0 saturated carbocycles. The summed E-state index contributed by atoms with van der Waals surface area (Å²) in [5.41, 5.74) is -0.879. The van der Waals surface area contributed by atoms with E-state index in [0.29, 0.717) is 13.1 Å². The van der Waals surface area contributed by atoms with Crippen LogP contribution in [0.3, 0.4) is 0 Å². The zero-order valence-corrected chi connectivity index (χ0v) is 16.2. The molecule has 0 aliphatic rings. The molecule has 0 fully saturated rings. The lowest BCUT2D eigenvalue weighted by Gasteiger charge is -2.23. The van der Waals surface area contributed by atoms with Crippen LogP contribution in [0.2, 0.25) is 0 Å². The highest BCUT2D eigenvalue weighted by Gasteiger charge is 2.23. The second-order valence-electron chi connectivity index (χ2n) is 6.67. The second-order valence-corrected chi connectivity index (χ2v) is 6.67. The van der Waals surface area contributed by atoms with Gasteiger partial charge in [0.05, 0.1) is 21.5 Å². The van der Waals surface area contributed by atoms with Crippen LogP contribution in [0.4, 0.5) is 11.4 Å². The molecule has 0 saturated heterocycles. The average Bonchev–Trinajstić information content (AvgIpc) is 2.65. The van der Waals surface area contributed by atoms with Crippen molar-refractivity contribution in [3.63, 3.8) is 0 Å². The molecule has 0 bridgehead atoms. The molecular weight excluding hydrogens is 350 g/mol. The number of nitrogens with zero attached hydrogens (tertiary/aromatic N) is 3. The number of hydrogen-bond acceptors (Lipinski definition) is 5. The highest BCUT2D eigenvalue weighted by Crippen LogP contribution is 2.24. The van der Waals surface area contributed by atoms with Gasteiger partial charge in [-0.05, 0) is 12.8 Å². The minimum atomic E-state index is -0.712. The van der Waals surface area contributed by atoms with E-state index in [1.165, 1.54) is 0 Å². The number of amides is 1. The molecule has 27 heavy (non-hydrogen) atoms. The Morgan fingerprint density at radius 3 is 1.63 bits per heavy atom. The van der Waals surface area contributed by atoms with E-state index in [9.17, 15) is 25.0 Å². The molecule has 1 rings (SSSR count). The van der Waals surface area contributed by atoms with E-state index in [1.54, 1.807) is 4.90 Å². The van der Waals surface area contributed by atoms with E-state index in [4.69, 9.17) is 0 Å². The number of nitro groups is 2. The molecule has 0 aliphatic carbocycles. The van der Waals surface area contributed by atoms with Crippen LogP contribution in [0, 0.1) is 20.2 Å². The lowest BCUT2D eigenvalue weighted by Crippen LogP contribution is -2.33. The molecule has 150 valence electrons. The number of non-ortho nitro benzene ring substituents is 2. The van der Waals surface area contributed by atoms with Crippen molar-refractivity contribution in [1.29, 1.82) is 0 Å². The lowest BCUT2D eigenvalue weighted by atomic mass is 10.1. The van der Waals surface area contributed by atoms with Crippen molar-refractivity contribution >= 4 is 17.3 Å². The molecule has 0 atom stereocenters. The number of rotatable bonds is 13. The number of carbonyl (C=O) groups excluding carboxylic acids is 1. The molecule has 8 nitrogen and oxygen atoms in total. The Kier molecular flexibility index (Phi) is 10.00. The fraction of sp³-hybridized carbons (Fsp3) is 0.632. The van der Waals surface area contributed by atoms with E-state index < -0.39 is 21.2 Å². The smallest absolute Gasteiger partial charge is 0.277 e. The summed E-state index contributed by atoms with van der Waals surface area (Å²) in [6.45, 7) is 5.33. The number of hydrogen-bond donors (Lipinski definition) is 0. The van der Waals surface area contributed by atoms with Crippen molar-refractivity contribution in [3.8, 4) is 0 Å². The van der Waals surface area contributed by atoms with Crippen LogP contribution in [0.15, 0.2) is 18.2 Å². The summed E-state index contributed by atoms with van der Waals surface area (Å²) in [5.74, 6) is -0.380. The first-order valence-corrected chi connectivity index (χ1v) is 9.63. The van der Waals surface area contributed by atoms with Crippen LogP contribution in [0.25, 0.3) is 0 Å². The van der Waals surface area contributed by atoms with Gasteiger partial charge in [0.15, 0.2) is 0 Å². The van der Waals surface area contributed by atoms with Gasteiger partial charge in [0.2, 0.25) is 0 Å². The average molecular weight is 379 g/mol. The van der Waals surface area contributed by atoms with E-state index in [0.717, 1.165) is 69.6 Å². The van der Waals surface area contributed by atoms with Crippen molar-refractivity contribution in [2.24, 2.45) is 0 Å². The molecule has 0 spiro atoms. The third-order valence-corrected chi connectivity index (χ3v) is 4.42. The van der Waals surface area contributed by atoms with Gasteiger partial charge in [-0.25, -0.2) is 0 Å². The Morgan fingerprint density at radius 1 is 0.815 bits per heavy atom. The second kappa shape index (κ2) is 12.0. The number of unbranched alkanes of at least 4 members (excludes halogenated alkanes) is 6. The first kappa shape index (κ1) is 22.5. The van der Waals surface area contributed by atoms with Gasteiger partial charge in [-0.1, -0.05) is 52.4 Å². The van der Waals surface area contributed by atoms with Gasteiger partial charge in [-0.3, -0.25) is 25.0 Å². The summed E-state index contributed by atoms with van der Waals surface area (Å²) in [7, 11) is 0. The summed E-state index contributed by atoms with van der Waals surface area (Å²) >= 11 is 0. The molecule has 1 aromatic carbocycles. The van der Waals surface area contributed by atoms with Gasteiger partial charge >= 0.3 is 0 Å². The molecule has 8 heteroatoms. The van der Waals surface area contributed by atoms with Gasteiger partial charge in [-0.15, -0.1) is 0 Å².